The Hall–Kier alpha value is -1.79. The Morgan fingerprint density at radius 1 is 1.14 bits per heavy atom. The molecular formula is C22H34N2O4. The van der Waals surface area contributed by atoms with Crippen molar-refractivity contribution in [2.75, 3.05) is 26.4 Å². The first-order chi connectivity index (χ1) is 13.5. The van der Waals surface area contributed by atoms with Crippen LogP contribution in [0.15, 0.2) is 18.3 Å². The number of nitrogens with zero attached hydrogens (tertiary/aromatic N) is 1. The maximum absolute atomic E-state index is 12.2. The van der Waals surface area contributed by atoms with Crippen LogP contribution in [0.4, 0.5) is 0 Å². The average Bonchev–Trinajstić information content (AvgIpc) is 2.72. The number of ether oxygens (including phenoxy) is 2. The van der Waals surface area contributed by atoms with Crippen LogP contribution in [0, 0.1) is 5.92 Å². The summed E-state index contributed by atoms with van der Waals surface area (Å²) in [5.41, 5.74) is 1.58. The van der Waals surface area contributed by atoms with Crippen LogP contribution in [0.5, 0.6) is 0 Å². The lowest BCUT2D eigenvalue weighted by Crippen LogP contribution is -2.28. The molecular weight excluding hydrogens is 356 g/mol. The van der Waals surface area contributed by atoms with Gasteiger partial charge in [0.1, 0.15) is 11.5 Å². The number of pyridine rings is 1. The molecule has 1 N–H and O–H groups in total. The number of nitrogens with one attached hydrogen (secondary N) is 1. The lowest BCUT2D eigenvalue weighted by atomic mass is 9.77. The Balaban J connectivity index is 1.69. The van der Waals surface area contributed by atoms with E-state index in [1.165, 1.54) is 0 Å². The quantitative estimate of drug-likeness (QED) is 0.585. The fourth-order valence-electron chi connectivity index (χ4n) is 3.59. The van der Waals surface area contributed by atoms with Gasteiger partial charge in [-0.3, -0.25) is 14.6 Å². The smallest absolute Gasteiger partial charge is 0.269 e. The van der Waals surface area contributed by atoms with E-state index in [2.05, 4.69) is 10.3 Å². The minimum absolute atomic E-state index is 0.189. The van der Waals surface area contributed by atoms with Gasteiger partial charge >= 0.3 is 0 Å². The zero-order chi connectivity index (χ0) is 20.4. The molecule has 156 valence electrons. The van der Waals surface area contributed by atoms with Crippen molar-refractivity contribution in [3.8, 4) is 0 Å². The highest BCUT2D eigenvalue weighted by Crippen LogP contribution is 2.36. The van der Waals surface area contributed by atoms with Gasteiger partial charge in [-0.1, -0.05) is 13.0 Å². The van der Waals surface area contributed by atoms with Crippen LogP contribution in [0.1, 0.15) is 74.8 Å². The van der Waals surface area contributed by atoms with E-state index in [-0.39, 0.29) is 17.9 Å². The Morgan fingerprint density at radius 2 is 1.89 bits per heavy atom. The van der Waals surface area contributed by atoms with Gasteiger partial charge in [-0.05, 0) is 57.1 Å². The van der Waals surface area contributed by atoms with Crippen LogP contribution < -0.4 is 5.32 Å². The minimum atomic E-state index is -0.189. The molecule has 0 bridgehead atoms. The van der Waals surface area contributed by atoms with Crippen molar-refractivity contribution in [3.05, 3.63) is 29.6 Å². The first-order valence-electron chi connectivity index (χ1n) is 10.5. The predicted molar refractivity (Wildman–Crippen MR) is 108 cm³/mol. The van der Waals surface area contributed by atoms with Crippen LogP contribution in [0.3, 0.4) is 0 Å². The SMILES string of the molecule is CCC(=O)C1CCC(c2ccc(C(=O)NCCOCCOC(C)C)nc2)CC1. The maximum Gasteiger partial charge on any atom is 0.269 e. The van der Waals surface area contributed by atoms with Gasteiger partial charge in [-0.15, -0.1) is 0 Å². The zero-order valence-corrected chi connectivity index (χ0v) is 17.4. The van der Waals surface area contributed by atoms with Crippen LogP contribution >= 0.6 is 0 Å². The van der Waals surface area contributed by atoms with Crippen molar-refractivity contribution >= 4 is 11.7 Å². The Morgan fingerprint density at radius 3 is 2.50 bits per heavy atom. The molecule has 2 rings (SSSR count). The molecule has 1 aliphatic rings. The van der Waals surface area contributed by atoms with Crippen LogP contribution in [0.25, 0.3) is 0 Å². The molecule has 0 radical (unpaired) electrons. The van der Waals surface area contributed by atoms with E-state index in [0.717, 1.165) is 31.2 Å². The molecule has 1 amide bonds. The number of carbonyl (C=O) groups excluding carboxylic acids is 2. The van der Waals surface area contributed by atoms with Gasteiger partial charge in [0.25, 0.3) is 5.91 Å². The molecule has 0 unspecified atom stereocenters. The van der Waals surface area contributed by atoms with Crippen molar-refractivity contribution in [3.63, 3.8) is 0 Å². The van der Waals surface area contributed by atoms with Crippen LogP contribution in [-0.2, 0) is 14.3 Å². The van der Waals surface area contributed by atoms with Crippen molar-refractivity contribution < 1.29 is 19.1 Å². The number of Topliss-reactive ketones (excluding diaryl/α,β-unsaturated/α-hetero) is 1. The van der Waals surface area contributed by atoms with E-state index in [1.54, 1.807) is 12.3 Å². The fourth-order valence-corrected chi connectivity index (χ4v) is 3.59. The number of rotatable bonds is 11. The van der Waals surface area contributed by atoms with Crippen LogP contribution in [0.2, 0.25) is 0 Å². The standard InChI is InChI=1S/C22H34N2O4/c1-4-21(25)18-7-5-17(6-8-18)19-9-10-20(24-15-19)22(26)23-11-12-27-13-14-28-16(2)3/h9-10,15-18H,4-8,11-14H2,1-3H3,(H,23,26). The fraction of sp³-hybridized carbons (Fsp3) is 0.682. The van der Waals surface area contributed by atoms with Gasteiger partial charge in [0.15, 0.2) is 0 Å². The summed E-state index contributed by atoms with van der Waals surface area (Å²) < 4.78 is 10.8. The van der Waals surface area contributed by atoms with E-state index in [9.17, 15) is 9.59 Å². The highest BCUT2D eigenvalue weighted by molar-refractivity contribution is 5.92. The second-order valence-electron chi connectivity index (χ2n) is 7.63. The number of aromatic nitrogens is 1. The molecule has 1 heterocycles. The molecule has 1 aromatic heterocycles. The monoisotopic (exact) mass is 390 g/mol. The number of hydrogen-bond acceptors (Lipinski definition) is 5. The summed E-state index contributed by atoms with van der Waals surface area (Å²) in [4.78, 5) is 28.3. The van der Waals surface area contributed by atoms with Crippen molar-refractivity contribution in [1.29, 1.82) is 0 Å². The van der Waals surface area contributed by atoms with E-state index < -0.39 is 0 Å². The third-order valence-corrected chi connectivity index (χ3v) is 5.23. The van der Waals surface area contributed by atoms with Gasteiger partial charge in [0.2, 0.25) is 0 Å². The average molecular weight is 391 g/mol. The molecule has 1 aromatic rings. The summed E-state index contributed by atoms with van der Waals surface area (Å²) in [6.45, 7) is 7.88. The Kier molecular flexibility index (Phi) is 9.58. The summed E-state index contributed by atoms with van der Waals surface area (Å²) in [6.07, 6.45) is 6.59. The van der Waals surface area contributed by atoms with E-state index in [1.807, 2.05) is 26.8 Å². The largest absolute Gasteiger partial charge is 0.377 e. The van der Waals surface area contributed by atoms with Gasteiger partial charge < -0.3 is 14.8 Å². The third kappa shape index (κ3) is 7.32. The van der Waals surface area contributed by atoms with E-state index in [0.29, 0.717) is 50.2 Å². The van der Waals surface area contributed by atoms with Gasteiger partial charge in [-0.2, -0.15) is 0 Å². The summed E-state index contributed by atoms with van der Waals surface area (Å²) in [5, 5.41) is 2.82. The highest BCUT2D eigenvalue weighted by atomic mass is 16.5. The second-order valence-corrected chi connectivity index (χ2v) is 7.63. The number of ketones is 1. The lowest BCUT2D eigenvalue weighted by molar-refractivity contribution is -0.123. The van der Waals surface area contributed by atoms with Crippen LogP contribution in [-0.4, -0.2) is 49.1 Å². The van der Waals surface area contributed by atoms with Crippen molar-refractivity contribution in [2.45, 2.75) is 64.9 Å². The Labute approximate surface area is 168 Å². The lowest BCUT2D eigenvalue weighted by Gasteiger charge is -2.27. The van der Waals surface area contributed by atoms with E-state index in [4.69, 9.17) is 9.47 Å². The van der Waals surface area contributed by atoms with Crippen molar-refractivity contribution in [1.82, 2.24) is 10.3 Å². The van der Waals surface area contributed by atoms with Crippen molar-refractivity contribution in [2.24, 2.45) is 5.92 Å². The molecule has 0 spiro atoms. The topological polar surface area (TPSA) is 77.5 Å². The molecule has 0 atom stereocenters. The molecule has 0 aliphatic heterocycles. The van der Waals surface area contributed by atoms with E-state index >= 15 is 0 Å². The maximum atomic E-state index is 12.2. The summed E-state index contributed by atoms with van der Waals surface area (Å²) in [5.74, 6) is 0.872. The van der Waals surface area contributed by atoms with Gasteiger partial charge in [0, 0.05) is 25.1 Å². The summed E-state index contributed by atoms with van der Waals surface area (Å²) in [6, 6.07) is 3.78. The molecule has 6 nitrogen and oxygen atoms in total. The van der Waals surface area contributed by atoms with Gasteiger partial charge in [0.05, 0.1) is 25.9 Å². The number of amides is 1. The minimum Gasteiger partial charge on any atom is -0.377 e. The molecule has 0 aromatic carbocycles. The molecule has 1 aliphatic carbocycles. The number of carbonyl (C=O) groups is 2. The molecule has 1 saturated carbocycles. The second kappa shape index (κ2) is 11.9. The first kappa shape index (κ1) is 22.5. The molecule has 0 saturated heterocycles. The molecule has 28 heavy (non-hydrogen) atoms. The molecule has 6 heteroatoms. The first-order valence-corrected chi connectivity index (χ1v) is 10.5. The third-order valence-electron chi connectivity index (χ3n) is 5.23. The summed E-state index contributed by atoms with van der Waals surface area (Å²) >= 11 is 0. The zero-order valence-electron chi connectivity index (χ0n) is 17.4. The summed E-state index contributed by atoms with van der Waals surface area (Å²) in [7, 11) is 0. The normalized spacial score (nSPS) is 19.6. The van der Waals surface area contributed by atoms with Gasteiger partial charge in [-0.25, -0.2) is 0 Å². The highest BCUT2D eigenvalue weighted by Gasteiger charge is 2.26. The predicted octanol–water partition coefficient (Wildman–Crippen LogP) is 3.51. The Bertz CT molecular complexity index is 607. The number of hydrogen-bond donors (Lipinski definition) is 1. The molecule has 1 fully saturated rings.